The summed E-state index contributed by atoms with van der Waals surface area (Å²) in [5.41, 5.74) is 1.02. The van der Waals surface area contributed by atoms with E-state index in [1.54, 1.807) is 11.3 Å². The molecule has 0 saturated carbocycles. The molecule has 0 aliphatic rings. The predicted molar refractivity (Wildman–Crippen MR) is 69.4 cm³/mol. The number of thiazole rings is 1. The van der Waals surface area contributed by atoms with Gasteiger partial charge in [0.2, 0.25) is 0 Å². The van der Waals surface area contributed by atoms with Crippen molar-refractivity contribution in [2.24, 2.45) is 0 Å². The molecule has 0 unspecified atom stereocenters. The largest absolute Gasteiger partial charge is 0.317 e. The lowest BCUT2D eigenvalue weighted by molar-refractivity contribution is 1.48. The van der Waals surface area contributed by atoms with E-state index in [0.29, 0.717) is 0 Å². The van der Waals surface area contributed by atoms with E-state index in [2.05, 4.69) is 16.4 Å². The molecule has 2 aromatic rings. The molecule has 0 spiro atoms. The molecule has 0 amide bonds. The van der Waals surface area contributed by atoms with Gasteiger partial charge in [-0.2, -0.15) is 0 Å². The van der Waals surface area contributed by atoms with Crippen molar-refractivity contribution in [1.29, 1.82) is 0 Å². The van der Waals surface area contributed by atoms with Crippen LogP contribution in [0.1, 0.15) is 0 Å². The van der Waals surface area contributed by atoms with Crippen LogP contribution in [0.25, 0.3) is 10.2 Å². The lowest BCUT2D eigenvalue weighted by Crippen LogP contribution is -2.02. The zero-order chi connectivity index (χ0) is 9.97. The first kappa shape index (κ1) is 9.89. The average Bonchev–Trinajstić information content (AvgIpc) is 2.59. The maximum Gasteiger partial charge on any atom is 0.189 e. The highest BCUT2D eigenvalue weighted by molar-refractivity contribution is 8.22. The second kappa shape index (κ2) is 4.25. The first-order valence-electron chi connectivity index (χ1n) is 4.00. The third-order valence-corrected chi connectivity index (χ3v) is 3.72. The molecule has 5 heteroatoms. The van der Waals surface area contributed by atoms with Gasteiger partial charge in [-0.15, -0.1) is 11.8 Å². The summed E-state index contributed by atoms with van der Waals surface area (Å²) >= 11 is 8.19. The van der Waals surface area contributed by atoms with Gasteiger partial charge in [-0.1, -0.05) is 35.7 Å². The zero-order valence-corrected chi connectivity index (χ0v) is 9.93. The molecule has 0 bridgehead atoms. The van der Waals surface area contributed by atoms with Crippen LogP contribution in [0.15, 0.2) is 24.3 Å². The Morgan fingerprint density at radius 1 is 1.50 bits per heavy atom. The Morgan fingerprint density at radius 2 is 2.29 bits per heavy atom. The monoisotopic (exact) mass is 240 g/mol. The molecule has 1 aromatic heterocycles. The molecule has 0 atom stereocenters. The van der Waals surface area contributed by atoms with Gasteiger partial charge < -0.3 is 5.32 Å². The molecule has 1 aromatic carbocycles. The highest BCUT2D eigenvalue weighted by atomic mass is 32.2. The summed E-state index contributed by atoms with van der Waals surface area (Å²) in [6.07, 6.45) is 1.95. The smallest absolute Gasteiger partial charge is 0.189 e. The lowest BCUT2D eigenvalue weighted by Gasteiger charge is -1.97. The Bertz CT molecular complexity index is 431. The van der Waals surface area contributed by atoms with Crippen LogP contribution in [0.4, 0.5) is 5.13 Å². The Morgan fingerprint density at radius 3 is 3.00 bits per heavy atom. The van der Waals surface area contributed by atoms with Crippen LogP contribution in [0, 0.1) is 0 Å². The van der Waals surface area contributed by atoms with E-state index in [0.717, 1.165) is 15.0 Å². The maximum absolute atomic E-state index is 5.06. The van der Waals surface area contributed by atoms with Gasteiger partial charge in [0.15, 0.2) is 5.13 Å². The second-order valence-corrected chi connectivity index (χ2v) is 5.12. The van der Waals surface area contributed by atoms with Crippen molar-refractivity contribution in [3.63, 3.8) is 0 Å². The summed E-state index contributed by atoms with van der Waals surface area (Å²) in [6, 6.07) is 8.05. The first-order chi connectivity index (χ1) is 6.79. The summed E-state index contributed by atoms with van der Waals surface area (Å²) in [7, 11) is 0. The topological polar surface area (TPSA) is 24.9 Å². The van der Waals surface area contributed by atoms with Crippen molar-refractivity contribution in [2.75, 3.05) is 11.6 Å². The lowest BCUT2D eigenvalue weighted by atomic mass is 10.3. The molecule has 0 saturated heterocycles. The zero-order valence-electron chi connectivity index (χ0n) is 7.48. The number of nitrogens with one attached hydrogen (secondary N) is 1. The molecule has 14 heavy (non-hydrogen) atoms. The fraction of sp³-hybridized carbons (Fsp3) is 0.111. The third kappa shape index (κ3) is 2.05. The Balaban J connectivity index is 2.31. The molecule has 72 valence electrons. The average molecular weight is 240 g/mol. The Kier molecular flexibility index (Phi) is 3.00. The standard InChI is InChI=1S/C9H8N2S3/c1-13-9(12)11-8-10-6-4-2-3-5-7(6)14-8/h2-5H,1H3,(H,10,11,12). The second-order valence-electron chi connectivity index (χ2n) is 2.60. The number of rotatable bonds is 1. The van der Waals surface area contributed by atoms with Crippen molar-refractivity contribution in [1.82, 2.24) is 4.98 Å². The maximum atomic E-state index is 5.06. The fourth-order valence-electron chi connectivity index (χ4n) is 1.06. The molecule has 1 heterocycles. The summed E-state index contributed by atoms with van der Waals surface area (Å²) in [5, 5.41) is 3.95. The van der Waals surface area contributed by atoms with Crippen molar-refractivity contribution < 1.29 is 0 Å². The van der Waals surface area contributed by atoms with Crippen LogP contribution in [0.3, 0.4) is 0 Å². The number of hydrogen-bond donors (Lipinski definition) is 1. The Hall–Kier alpha value is -0.650. The number of hydrogen-bond acceptors (Lipinski definition) is 4. The van der Waals surface area contributed by atoms with Crippen LogP contribution < -0.4 is 5.32 Å². The van der Waals surface area contributed by atoms with Gasteiger partial charge in [-0.25, -0.2) is 4.98 Å². The van der Waals surface area contributed by atoms with Crippen LogP contribution in [0.2, 0.25) is 0 Å². The highest BCUT2D eigenvalue weighted by Gasteiger charge is 2.03. The third-order valence-electron chi connectivity index (χ3n) is 1.69. The van der Waals surface area contributed by atoms with Crippen LogP contribution in [-0.2, 0) is 0 Å². The van der Waals surface area contributed by atoms with Gasteiger partial charge in [-0.05, 0) is 18.4 Å². The Labute approximate surface area is 95.7 Å². The van der Waals surface area contributed by atoms with Crippen LogP contribution >= 0.6 is 35.3 Å². The summed E-state index contributed by atoms with van der Waals surface area (Å²) in [4.78, 5) is 4.41. The van der Waals surface area contributed by atoms with Crippen molar-refractivity contribution >= 4 is 55.0 Å². The SMILES string of the molecule is CSC(=S)Nc1nc2ccccc2s1. The van der Waals surface area contributed by atoms with Gasteiger partial charge in [0, 0.05) is 0 Å². The molecular formula is C9H8N2S3. The predicted octanol–water partition coefficient (Wildman–Crippen LogP) is 3.36. The number of thiocarbonyl (C=S) groups is 1. The molecule has 0 fully saturated rings. The minimum atomic E-state index is 0.754. The number of thioether (sulfide) groups is 1. The molecule has 0 aliphatic carbocycles. The van der Waals surface area contributed by atoms with E-state index < -0.39 is 0 Å². The fourth-order valence-corrected chi connectivity index (χ4v) is 2.36. The number of anilines is 1. The quantitative estimate of drug-likeness (QED) is 0.773. The molecular weight excluding hydrogens is 232 g/mol. The van der Waals surface area contributed by atoms with Gasteiger partial charge in [0.05, 0.1) is 10.2 Å². The van der Waals surface area contributed by atoms with Crippen LogP contribution in [0.5, 0.6) is 0 Å². The normalized spacial score (nSPS) is 10.4. The van der Waals surface area contributed by atoms with E-state index >= 15 is 0 Å². The minimum absolute atomic E-state index is 0.754. The molecule has 1 N–H and O–H groups in total. The van der Waals surface area contributed by atoms with E-state index in [4.69, 9.17) is 12.2 Å². The number of nitrogens with zero attached hydrogens (tertiary/aromatic N) is 1. The molecule has 0 aliphatic heterocycles. The number of fused-ring (bicyclic) bond motifs is 1. The highest BCUT2D eigenvalue weighted by Crippen LogP contribution is 2.25. The van der Waals surface area contributed by atoms with Gasteiger partial charge in [0.25, 0.3) is 0 Å². The molecule has 2 rings (SSSR count). The van der Waals surface area contributed by atoms with Gasteiger partial charge in [0.1, 0.15) is 4.32 Å². The van der Waals surface area contributed by atoms with Gasteiger partial charge in [-0.3, -0.25) is 0 Å². The number of para-hydroxylation sites is 1. The molecule has 0 radical (unpaired) electrons. The van der Waals surface area contributed by atoms with E-state index in [1.165, 1.54) is 16.5 Å². The minimum Gasteiger partial charge on any atom is -0.317 e. The first-order valence-corrected chi connectivity index (χ1v) is 6.45. The number of aromatic nitrogens is 1. The summed E-state index contributed by atoms with van der Waals surface area (Å²) < 4.78 is 1.93. The van der Waals surface area contributed by atoms with E-state index in [1.807, 2.05) is 24.5 Å². The van der Waals surface area contributed by atoms with Crippen LogP contribution in [-0.4, -0.2) is 15.6 Å². The van der Waals surface area contributed by atoms with Crippen molar-refractivity contribution in [3.05, 3.63) is 24.3 Å². The van der Waals surface area contributed by atoms with Gasteiger partial charge >= 0.3 is 0 Å². The van der Waals surface area contributed by atoms with Crippen molar-refractivity contribution in [2.45, 2.75) is 0 Å². The summed E-state index contributed by atoms with van der Waals surface area (Å²) in [6.45, 7) is 0. The van der Waals surface area contributed by atoms with E-state index in [9.17, 15) is 0 Å². The molecule has 2 nitrogen and oxygen atoms in total. The van der Waals surface area contributed by atoms with Crippen molar-refractivity contribution in [3.8, 4) is 0 Å². The summed E-state index contributed by atoms with van der Waals surface area (Å²) in [5.74, 6) is 0. The number of benzene rings is 1. The van der Waals surface area contributed by atoms with E-state index in [-0.39, 0.29) is 0 Å².